The number of thioether (sulfide) groups is 1. The van der Waals surface area contributed by atoms with Crippen molar-refractivity contribution in [1.82, 2.24) is 14.9 Å². The predicted octanol–water partition coefficient (Wildman–Crippen LogP) is 4.35. The Balaban J connectivity index is 1.54. The largest absolute Gasteiger partial charge is 0.376 e. The van der Waals surface area contributed by atoms with Crippen LogP contribution in [0.3, 0.4) is 0 Å². The number of amides is 1. The number of rotatable bonds is 9. The van der Waals surface area contributed by atoms with Gasteiger partial charge in [-0.25, -0.2) is 4.98 Å². The number of hydrogen-bond acceptors (Lipinski definition) is 6. The number of benzene rings is 1. The topological polar surface area (TPSA) is 73.2 Å². The predicted molar refractivity (Wildman–Crippen MR) is 135 cm³/mol. The van der Waals surface area contributed by atoms with E-state index in [0.717, 1.165) is 52.9 Å². The van der Waals surface area contributed by atoms with Gasteiger partial charge in [0.1, 0.15) is 4.83 Å². The van der Waals surface area contributed by atoms with Crippen LogP contribution in [-0.4, -0.2) is 40.0 Å². The smallest absolute Gasteiger partial charge is 0.263 e. The first-order chi connectivity index (χ1) is 16.0. The molecule has 1 fully saturated rings. The summed E-state index contributed by atoms with van der Waals surface area (Å²) in [5, 5.41) is 3.97. The van der Waals surface area contributed by atoms with Gasteiger partial charge in [-0.05, 0) is 50.7 Å². The van der Waals surface area contributed by atoms with Crippen molar-refractivity contribution in [2.75, 3.05) is 13.2 Å². The third kappa shape index (κ3) is 5.50. The molecule has 1 amide bonds. The van der Waals surface area contributed by atoms with Crippen molar-refractivity contribution in [3.8, 4) is 0 Å². The van der Waals surface area contributed by atoms with Crippen LogP contribution in [0.4, 0.5) is 0 Å². The molecule has 3 aromatic rings. The standard InChI is InChI=1S/C25H31N3O3S2/c1-4-20-16(2)32-23-21(20)24(30)28(15-19-11-8-14-31-19)25(27-23)33-17(3)22(29)26-13-12-18-9-6-5-7-10-18/h5-7,9-10,17,19H,4,8,11-15H2,1-3H3,(H,26,29). The average molecular weight is 486 g/mol. The van der Waals surface area contributed by atoms with Gasteiger partial charge in [0.15, 0.2) is 5.16 Å². The van der Waals surface area contributed by atoms with Gasteiger partial charge in [0.25, 0.3) is 5.56 Å². The molecule has 0 bridgehead atoms. The second-order valence-corrected chi connectivity index (χ2v) is 10.9. The van der Waals surface area contributed by atoms with Gasteiger partial charge < -0.3 is 10.1 Å². The minimum Gasteiger partial charge on any atom is -0.376 e. The molecular weight excluding hydrogens is 454 g/mol. The van der Waals surface area contributed by atoms with Crippen LogP contribution in [0.25, 0.3) is 10.2 Å². The quantitative estimate of drug-likeness (QED) is 0.360. The Labute approximate surface area is 202 Å². The number of fused-ring (bicyclic) bond motifs is 1. The molecule has 4 rings (SSSR count). The molecule has 0 radical (unpaired) electrons. The monoisotopic (exact) mass is 485 g/mol. The Bertz CT molecular complexity index is 1170. The van der Waals surface area contributed by atoms with Crippen molar-refractivity contribution in [3.05, 3.63) is 56.7 Å². The molecule has 1 aromatic carbocycles. The second kappa shape index (κ2) is 10.8. The summed E-state index contributed by atoms with van der Waals surface area (Å²) < 4.78 is 7.55. The van der Waals surface area contributed by atoms with Crippen LogP contribution < -0.4 is 10.9 Å². The Hall–Kier alpha value is -2.16. The molecule has 3 heterocycles. The Morgan fingerprint density at radius 3 is 2.85 bits per heavy atom. The summed E-state index contributed by atoms with van der Waals surface area (Å²) in [6, 6.07) is 10.1. The van der Waals surface area contributed by atoms with Crippen LogP contribution in [0.5, 0.6) is 0 Å². The lowest BCUT2D eigenvalue weighted by molar-refractivity contribution is -0.120. The van der Waals surface area contributed by atoms with E-state index < -0.39 is 0 Å². The summed E-state index contributed by atoms with van der Waals surface area (Å²) in [6.45, 7) is 7.77. The van der Waals surface area contributed by atoms with Crippen molar-refractivity contribution in [3.63, 3.8) is 0 Å². The molecule has 2 atom stereocenters. The van der Waals surface area contributed by atoms with Crippen molar-refractivity contribution >= 4 is 39.2 Å². The van der Waals surface area contributed by atoms with Gasteiger partial charge in [-0.1, -0.05) is 49.0 Å². The first kappa shape index (κ1) is 24.0. The summed E-state index contributed by atoms with van der Waals surface area (Å²) in [6.07, 6.45) is 3.55. The zero-order valence-corrected chi connectivity index (χ0v) is 21.1. The number of aryl methyl sites for hydroxylation is 2. The first-order valence-electron chi connectivity index (χ1n) is 11.6. The van der Waals surface area contributed by atoms with Crippen molar-refractivity contribution in [2.24, 2.45) is 0 Å². The van der Waals surface area contributed by atoms with E-state index in [4.69, 9.17) is 9.72 Å². The summed E-state index contributed by atoms with van der Waals surface area (Å²) >= 11 is 2.91. The van der Waals surface area contributed by atoms with Crippen molar-refractivity contribution < 1.29 is 9.53 Å². The SMILES string of the molecule is CCc1c(C)sc2nc(SC(C)C(=O)NCCc3ccccc3)n(CC3CCCO3)c(=O)c12. The van der Waals surface area contributed by atoms with Gasteiger partial charge in [-0.3, -0.25) is 14.2 Å². The molecule has 176 valence electrons. The first-order valence-corrected chi connectivity index (χ1v) is 13.3. The number of nitrogens with one attached hydrogen (secondary N) is 1. The summed E-state index contributed by atoms with van der Waals surface area (Å²) in [5.41, 5.74) is 2.25. The average Bonchev–Trinajstić information content (AvgIpc) is 3.43. The zero-order valence-electron chi connectivity index (χ0n) is 19.4. The molecule has 2 unspecified atom stereocenters. The molecule has 1 saturated heterocycles. The minimum absolute atomic E-state index is 0.0149. The molecule has 0 saturated carbocycles. The summed E-state index contributed by atoms with van der Waals surface area (Å²) in [5.74, 6) is -0.0504. The fraction of sp³-hybridized carbons (Fsp3) is 0.480. The highest BCUT2D eigenvalue weighted by Gasteiger charge is 2.25. The lowest BCUT2D eigenvalue weighted by Gasteiger charge is -2.18. The van der Waals surface area contributed by atoms with Gasteiger partial charge in [0, 0.05) is 18.0 Å². The maximum absolute atomic E-state index is 13.6. The summed E-state index contributed by atoms with van der Waals surface area (Å²) in [7, 11) is 0. The molecule has 1 aliphatic heterocycles. The maximum Gasteiger partial charge on any atom is 0.263 e. The van der Waals surface area contributed by atoms with Crippen LogP contribution in [0.2, 0.25) is 0 Å². The highest BCUT2D eigenvalue weighted by atomic mass is 32.2. The van der Waals surface area contributed by atoms with E-state index in [9.17, 15) is 9.59 Å². The number of thiophene rings is 1. The maximum atomic E-state index is 13.6. The summed E-state index contributed by atoms with van der Waals surface area (Å²) in [4.78, 5) is 33.1. The number of nitrogens with zero attached hydrogens (tertiary/aromatic N) is 2. The van der Waals surface area contributed by atoms with Crippen LogP contribution >= 0.6 is 23.1 Å². The zero-order chi connectivity index (χ0) is 23.4. The van der Waals surface area contributed by atoms with Crippen LogP contribution in [0.1, 0.15) is 42.7 Å². The van der Waals surface area contributed by atoms with Crippen molar-refractivity contribution in [1.29, 1.82) is 0 Å². The highest BCUT2D eigenvalue weighted by molar-refractivity contribution is 8.00. The second-order valence-electron chi connectivity index (χ2n) is 8.40. The van der Waals surface area contributed by atoms with E-state index in [1.807, 2.05) is 32.0 Å². The molecule has 33 heavy (non-hydrogen) atoms. The Morgan fingerprint density at radius 2 is 2.15 bits per heavy atom. The number of aromatic nitrogens is 2. The molecule has 0 spiro atoms. The van der Waals surface area contributed by atoms with E-state index in [1.54, 1.807) is 15.9 Å². The lowest BCUT2D eigenvalue weighted by Crippen LogP contribution is -2.34. The van der Waals surface area contributed by atoms with E-state index in [1.165, 1.54) is 17.3 Å². The Kier molecular flexibility index (Phi) is 7.88. The number of carbonyl (C=O) groups excluding carboxylic acids is 1. The van der Waals surface area contributed by atoms with Gasteiger partial charge >= 0.3 is 0 Å². The van der Waals surface area contributed by atoms with Gasteiger partial charge in [-0.2, -0.15) is 0 Å². The van der Waals surface area contributed by atoms with Crippen LogP contribution in [-0.2, 0) is 28.9 Å². The molecule has 2 aromatic heterocycles. The van der Waals surface area contributed by atoms with E-state index >= 15 is 0 Å². The minimum atomic E-state index is -0.368. The van der Waals surface area contributed by atoms with Gasteiger partial charge in [0.05, 0.1) is 23.3 Å². The number of carbonyl (C=O) groups is 1. The van der Waals surface area contributed by atoms with E-state index in [0.29, 0.717) is 18.2 Å². The molecule has 1 aliphatic rings. The lowest BCUT2D eigenvalue weighted by atomic mass is 10.1. The van der Waals surface area contributed by atoms with E-state index in [-0.39, 0.29) is 22.8 Å². The van der Waals surface area contributed by atoms with E-state index in [2.05, 4.69) is 24.4 Å². The fourth-order valence-corrected chi connectivity index (χ4v) is 6.33. The Morgan fingerprint density at radius 1 is 1.36 bits per heavy atom. The molecule has 6 nitrogen and oxygen atoms in total. The van der Waals surface area contributed by atoms with Gasteiger partial charge in [-0.15, -0.1) is 11.3 Å². The molecule has 8 heteroatoms. The number of ether oxygens (including phenoxy) is 1. The third-order valence-corrected chi connectivity index (χ3v) is 8.18. The fourth-order valence-electron chi connectivity index (χ4n) is 4.23. The third-order valence-electron chi connectivity index (χ3n) is 6.05. The highest BCUT2D eigenvalue weighted by Crippen LogP contribution is 2.31. The van der Waals surface area contributed by atoms with Gasteiger partial charge in [0.2, 0.25) is 5.91 Å². The molecule has 1 N–H and O–H groups in total. The van der Waals surface area contributed by atoms with Crippen molar-refractivity contribution in [2.45, 2.75) is 69.5 Å². The number of hydrogen-bond donors (Lipinski definition) is 1. The van der Waals surface area contributed by atoms with Crippen LogP contribution in [0.15, 0.2) is 40.3 Å². The normalized spacial score (nSPS) is 16.9. The van der Waals surface area contributed by atoms with Crippen LogP contribution in [0, 0.1) is 6.92 Å². The molecular formula is C25H31N3O3S2. The molecule has 0 aliphatic carbocycles.